The number of para-hydroxylation sites is 2. The molecule has 178 valence electrons. The molecule has 2 aromatic rings. The Morgan fingerprint density at radius 3 is 1.29 bits per heavy atom. The lowest BCUT2D eigenvalue weighted by molar-refractivity contribution is -0.111. The van der Waals surface area contributed by atoms with Gasteiger partial charge in [-0.2, -0.15) is 10.2 Å². The molecular weight excluding hydrogens is 428 g/mol. The van der Waals surface area contributed by atoms with E-state index in [0.29, 0.717) is 35.9 Å². The van der Waals surface area contributed by atoms with E-state index < -0.39 is 0 Å². The number of hydrazone groups is 2. The Hall–Kier alpha value is -3.94. The second kappa shape index (κ2) is 14.3. The molecule has 0 unspecified atom stereocenters. The van der Waals surface area contributed by atoms with Gasteiger partial charge in [-0.25, -0.2) is 0 Å². The number of anilines is 2. The summed E-state index contributed by atoms with van der Waals surface area (Å²) in [6.45, 7) is 7.63. The maximum absolute atomic E-state index is 12.0. The van der Waals surface area contributed by atoms with Crippen LogP contribution in [0.4, 0.5) is 11.4 Å². The second-order valence-electron chi connectivity index (χ2n) is 7.63. The zero-order valence-corrected chi connectivity index (χ0v) is 20.2. The van der Waals surface area contributed by atoms with Crippen molar-refractivity contribution in [2.24, 2.45) is 20.2 Å². The molecule has 0 bridgehead atoms. The van der Waals surface area contributed by atoms with Gasteiger partial charge in [0.05, 0.1) is 22.8 Å². The first-order valence-corrected chi connectivity index (χ1v) is 11.2. The number of nitrogens with zero attached hydrogens (tertiary/aromatic N) is 4. The van der Waals surface area contributed by atoms with Crippen molar-refractivity contribution < 1.29 is 9.59 Å². The SMILES string of the molecule is CC(=O)C(=NNc1ccccc1)C(C)=NCCCCN=C(C)C(=NNc1ccccc1)C(C)=O. The summed E-state index contributed by atoms with van der Waals surface area (Å²) in [6, 6.07) is 18.9. The predicted octanol–water partition coefficient (Wildman–Crippen LogP) is 4.80. The summed E-state index contributed by atoms with van der Waals surface area (Å²) < 4.78 is 0. The van der Waals surface area contributed by atoms with Crippen LogP contribution in [0.3, 0.4) is 0 Å². The molecule has 34 heavy (non-hydrogen) atoms. The van der Waals surface area contributed by atoms with Crippen molar-refractivity contribution in [2.45, 2.75) is 40.5 Å². The van der Waals surface area contributed by atoms with Crippen molar-refractivity contribution in [2.75, 3.05) is 23.9 Å². The molecule has 0 fully saturated rings. The number of Topliss-reactive ketones (excluding diaryl/α,β-unsaturated/α-hetero) is 2. The number of aliphatic imine (C=N–C) groups is 2. The highest BCUT2D eigenvalue weighted by atomic mass is 16.1. The van der Waals surface area contributed by atoms with Gasteiger partial charge in [0.2, 0.25) is 0 Å². The first-order chi connectivity index (χ1) is 16.4. The van der Waals surface area contributed by atoms with Crippen LogP contribution in [0.2, 0.25) is 0 Å². The molecule has 8 nitrogen and oxygen atoms in total. The lowest BCUT2D eigenvalue weighted by atomic mass is 10.2. The van der Waals surface area contributed by atoms with Gasteiger partial charge in [0, 0.05) is 26.9 Å². The summed E-state index contributed by atoms with van der Waals surface area (Å²) in [5, 5.41) is 8.44. The number of hydrogen-bond acceptors (Lipinski definition) is 8. The Bertz CT molecular complexity index is 985. The van der Waals surface area contributed by atoms with Gasteiger partial charge in [0.15, 0.2) is 11.6 Å². The van der Waals surface area contributed by atoms with Crippen LogP contribution in [0.25, 0.3) is 0 Å². The van der Waals surface area contributed by atoms with Crippen LogP contribution < -0.4 is 10.9 Å². The number of benzene rings is 2. The molecule has 0 saturated carbocycles. The Labute approximate surface area is 201 Å². The lowest BCUT2D eigenvalue weighted by Crippen LogP contribution is -2.21. The molecule has 2 rings (SSSR count). The van der Waals surface area contributed by atoms with Gasteiger partial charge in [-0.3, -0.25) is 30.4 Å². The van der Waals surface area contributed by atoms with E-state index >= 15 is 0 Å². The predicted molar refractivity (Wildman–Crippen MR) is 142 cm³/mol. The highest BCUT2D eigenvalue weighted by Crippen LogP contribution is 2.06. The van der Waals surface area contributed by atoms with Gasteiger partial charge in [0.1, 0.15) is 11.4 Å². The van der Waals surface area contributed by atoms with E-state index in [4.69, 9.17) is 0 Å². The fraction of sp³-hybridized carbons (Fsp3) is 0.308. The Kier molecular flexibility index (Phi) is 11.0. The largest absolute Gasteiger partial charge is 0.293 e. The number of unbranched alkanes of at least 4 members (excludes halogenated alkanes) is 1. The minimum absolute atomic E-state index is 0.148. The molecule has 8 heteroatoms. The maximum atomic E-state index is 12.0. The number of carbonyl (C=O) groups is 2. The molecule has 2 N–H and O–H groups in total. The van der Waals surface area contributed by atoms with Crippen molar-refractivity contribution >= 4 is 45.8 Å². The molecule has 0 aromatic heterocycles. The Balaban J connectivity index is 1.86. The summed E-state index contributed by atoms with van der Waals surface area (Å²) in [7, 11) is 0. The summed E-state index contributed by atoms with van der Waals surface area (Å²) in [5.41, 5.74) is 9.20. The second-order valence-corrected chi connectivity index (χ2v) is 7.63. The Morgan fingerprint density at radius 2 is 0.971 bits per heavy atom. The standard InChI is InChI=1S/C26H32N6O2/c1-19(25(21(3)33)31-29-23-13-7-5-8-14-23)27-17-11-12-18-28-20(2)26(22(4)34)32-30-24-15-9-6-10-16-24/h5-10,13-16,29-30H,11-12,17-18H2,1-4H3. The lowest BCUT2D eigenvalue weighted by Gasteiger charge is -2.06. The zero-order chi connectivity index (χ0) is 24.8. The van der Waals surface area contributed by atoms with E-state index in [0.717, 1.165) is 24.2 Å². The van der Waals surface area contributed by atoms with Gasteiger partial charge in [-0.05, 0) is 51.0 Å². The highest BCUT2D eigenvalue weighted by molar-refractivity contribution is 6.67. The van der Waals surface area contributed by atoms with Crippen molar-refractivity contribution in [3.05, 3.63) is 60.7 Å². The van der Waals surface area contributed by atoms with Crippen LogP contribution >= 0.6 is 0 Å². The fourth-order valence-electron chi connectivity index (χ4n) is 2.96. The summed E-state index contributed by atoms with van der Waals surface area (Å²) >= 11 is 0. The molecule has 0 saturated heterocycles. The smallest absolute Gasteiger partial charge is 0.181 e. The Morgan fingerprint density at radius 1 is 0.618 bits per heavy atom. The first-order valence-electron chi connectivity index (χ1n) is 11.2. The molecule has 2 aromatic carbocycles. The molecule has 0 spiro atoms. The third-order valence-electron chi connectivity index (χ3n) is 4.76. The molecule has 0 atom stereocenters. The minimum atomic E-state index is -0.148. The molecule has 0 heterocycles. The first kappa shape index (κ1) is 26.3. The van der Waals surface area contributed by atoms with E-state index in [1.165, 1.54) is 13.8 Å². The number of carbonyl (C=O) groups excluding carboxylic acids is 2. The van der Waals surface area contributed by atoms with Gasteiger partial charge in [0.25, 0.3) is 0 Å². The molecule has 0 aliphatic heterocycles. The van der Waals surface area contributed by atoms with Gasteiger partial charge < -0.3 is 0 Å². The van der Waals surface area contributed by atoms with E-state index in [2.05, 4.69) is 31.0 Å². The van der Waals surface area contributed by atoms with Crippen LogP contribution in [-0.4, -0.2) is 47.5 Å². The van der Waals surface area contributed by atoms with Crippen LogP contribution in [0.15, 0.2) is 80.9 Å². The van der Waals surface area contributed by atoms with Gasteiger partial charge >= 0.3 is 0 Å². The van der Waals surface area contributed by atoms with Crippen LogP contribution in [-0.2, 0) is 9.59 Å². The average Bonchev–Trinajstić information content (AvgIpc) is 2.82. The monoisotopic (exact) mass is 460 g/mol. The van der Waals surface area contributed by atoms with E-state index in [1.807, 2.05) is 60.7 Å². The van der Waals surface area contributed by atoms with Gasteiger partial charge in [-0.1, -0.05) is 36.4 Å². The van der Waals surface area contributed by atoms with E-state index in [1.54, 1.807) is 13.8 Å². The molecule has 0 aliphatic rings. The summed E-state index contributed by atoms with van der Waals surface area (Å²) in [4.78, 5) is 32.9. The third-order valence-corrected chi connectivity index (χ3v) is 4.76. The van der Waals surface area contributed by atoms with Crippen LogP contribution in [0.1, 0.15) is 40.5 Å². The molecular formula is C26H32N6O2. The number of rotatable bonds is 13. The minimum Gasteiger partial charge on any atom is -0.293 e. The van der Waals surface area contributed by atoms with Crippen molar-refractivity contribution in [1.29, 1.82) is 0 Å². The summed E-state index contributed by atoms with van der Waals surface area (Å²) in [6.07, 6.45) is 1.58. The molecule has 0 radical (unpaired) electrons. The number of nitrogens with one attached hydrogen (secondary N) is 2. The van der Waals surface area contributed by atoms with Crippen molar-refractivity contribution in [3.63, 3.8) is 0 Å². The fourth-order valence-corrected chi connectivity index (χ4v) is 2.96. The molecule has 0 aliphatic carbocycles. The summed E-state index contributed by atoms with van der Waals surface area (Å²) in [5.74, 6) is -0.296. The average molecular weight is 461 g/mol. The number of hydrogen-bond donors (Lipinski definition) is 2. The van der Waals surface area contributed by atoms with Crippen molar-refractivity contribution in [3.8, 4) is 0 Å². The topological polar surface area (TPSA) is 108 Å². The quantitative estimate of drug-likeness (QED) is 0.254. The van der Waals surface area contributed by atoms with E-state index in [9.17, 15) is 9.59 Å². The molecule has 0 amide bonds. The highest BCUT2D eigenvalue weighted by Gasteiger charge is 2.11. The third kappa shape index (κ3) is 9.28. The zero-order valence-electron chi connectivity index (χ0n) is 20.2. The number of ketones is 2. The normalized spacial score (nSPS) is 12.9. The van der Waals surface area contributed by atoms with Crippen LogP contribution in [0, 0.1) is 0 Å². The van der Waals surface area contributed by atoms with Crippen molar-refractivity contribution in [1.82, 2.24) is 0 Å². The van der Waals surface area contributed by atoms with Gasteiger partial charge in [-0.15, -0.1) is 0 Å². The maximum Gasteiger partial charge on any atom is 0.181 e. The van der Waals surface area contributed by atoms with E-state index in [-0.39, 0.29) is 11.6 Å². The van der Waals surface area contributed by atoms with Crippen LogP contribution in [0.5, 0.6) is 0 Å².